The summed E-state index contributed by atoms with van der Waals surface area (Å²) in [5, 5.41) is 9.36. The minimum atomic E-state index is 0.105. The van der Waals surface area contributed by atoms with E-state index in [0.717, 1.165) is 12.2 Å². The Hall–Kier alpha value is -1.26. The summed E-state index contributed by atoms with van der Waals surface area (Å²) in [6.07, 6.45) is 0. The van der Waals surface area contributed by atoms with Crippen LogP contribution >= 0.6 is 11.8 Å². The molecule has 1 aromatic heterocycles. The van der Waals surface area contributed by atoms with Crippen LogP contribution in [0.4, 0.5) is 0 Å². The van der Waals surface area contributed by atoms with Crippen molar-refractivity contribution in [3.8, 4) is 0 Å². The van der Waals surface area contributed by atoms with Crippen LogP contribution in [-0.4, -0.2) is 15.3 Å². The Morgan fingerprint density at radius 3 is 2.33 bits per heavy atom. The second kappa shape index (κ2) is 6.24. The standard InChI is InChI=1S/C17H25N3S/c1-12-7-9-14(10-8-12)21-16-15(11-18-17(3,4)5)13(2)19-20(16)6/h7-10,18H,11H2,1-6H3. The molecule has 3 nitrogen and oxygen atoms in total. The topological polar surface area (TPSA) is 29.9 Å². The predicted octanol–water partition coefficient (Wildman–Crippen LogP) is 4.08. The molecular formula is C17H25N3S. The van der Waals surface area contributed by atoms with Crippen molar-refractivity contribution in [2.75, 3.05) is 0 Å². The molecule has 0 amide bonds. The van der Waals surface area contributed by atoms with E-state index in [2.05, 4.69) is 69.3 Å². The third-order valence-electron chi connectivity index (χ3n) is 3.32. The van der Waals surface area contributed by atoms with Crippen molar-refractivity contribution in [3.63, 3.8) is 0 Å². The van der Waals surface area contributed by atoms with Gasteiger partial charge in [-0.2, -0.15) is 5.10 Å². The van der Waals surface area contributed by atoms with Gasteiger partial charge < -0.3 is 5.32 Å². The Morgan fingerprint density at radius 2 is 1.76 bits per heavy atom. The van der Waals surface area contributed by atoms with E-state index in [4.69, 9.17) is 0 Å². The van der Waals surface area contributed by atoms with Crippen LogP contribution in [0, 0.1) is 13.8 Å². The van der Waals surface area contributed by atoms with Crippen molar-refractivity contribution >= 4 is 11.8 Å². The summed E-state index contributed by atoms with van der Waals surface area (Å²) < 4.78 is 1.99. The van der Waals surface area contributed by atoms with Crippen LogP contribution in [0.15, 0.2) is 34.2 Å². The van der Waals surface area contributed by atoms with Gasteiger partial charge in [0.15, 0.2) is 0 Å². The van der Waals surface area contributed by atoms with E-state index in [1.165, 1.54) is 21.0 Å². The van der Waals surface area contributed by atoms with Crippen molar-refractivity contribution in [1.82, 2.24) is 15.1 Å². The number of nitrogens with one attached hydrogen (secondary N) is 1. The van der Waals surface area contributed by atoms with Gasteiger partial charge in [0.1, 0.15) is 5.03 Å². The van der Waals surface area contributed by atoms with Crippen LogP contribution in [0.1, 0.15) is 37.6 Å². The van der Waals surface area contributed by atoms with Gasteiger partial charge in [-0.1, -0.05) is 29.5 Å². The van der Waals surface area contributed by atoms with Crippen LogP contribution in [0.2, 0.25) is 0 Å². The fourth-order valence-electron chi connectivity index (χ4n) is 2.08. The zero-order valence-electron chi connectivity index (χ0n) is 13.8. The number of benzene rings is 1. The van der Waals surface area contributed by atoms with Crippen molar-refractivity contribution in [3.05, 3.63) is 41.1 Å². The zero-order valence-corrected chi connectivity index (χ0v) is 14.6. The molecule has 1 aromatic carbocycles. The number of hydrogen-bond acceptors (Lipinski definition) is 3. The minimum Gasteiger partial charge on any atom is -0.308 e. The Labute approximate surface area is 132 Å². The third kappa shape index (κ3) is 4.35. The molecule has 21 heavy (non-hydrogen) atoms. The molecule has 0 unspecified atom stereocenters. The van der Waals surface area contributed by atoms with E-state index in [0.29, 0.717) is 0 Å². The van der Waals surface area contributed by atoms with Gasteiger partial charge in [0, 0.05) is 29.6 Å². The highest BCUT2D eigenvalue weighted by molar-refractivity contribution is 7.99. The lowest BCUT2D eigenvalue weighted by molar-refractivity contribution is 0.421. The van der Waals surface area contributed by atoms with Crippen LogP contribution in [-0.2, 0) is 13.6 Å². The van der Waals surface area contributed by atoms with E-state index in [9.17, 15) is 0 Å². The van der Waals surface area contributed by atoms with Gasteiger partial charge in [0.2, 0.25) is 0 Å². The van der Waals surface area contributed by atoms with Gasteiger partial charge in [0.25, 0.3) is 0 Å². The maximum atomic E-state index is 4.58. The first-order chi connectivity index (χ1) is 9.76. The largest absolute Gasteiger partial charge is 0.308 e. The molecule has 1 heterocycles. The van der Waals surface area contributed by atoms with Crippen molar-refractivity contribution in [2.45, 2.75) is 56.6 Å². The summed E-state index contributed by atoms with van der Waals surface area (Å²) in [7, 11) is 2.02. The first-order valence-electron chi connectivity index (χ1n) is 7.28. The second-order valence-corrected chi connectivity index (χ2v) is 7.57. The summed E-state index contributed by atoms with van der Waals surface area (Å²) in [6, 6.07) is 8.64. The lowest BCUT2D eigenvalue weighted by Crippen LogP contribution is -2.35. The first-order valence-corrected chi connectivity index (χ1v) is 8.10. The van der Waals surface area contributed by atoms with Crippen molar-refractivity contribution in [2.24, 2.45) is 7.05 Å². The monoisotopic (exact) mass is 303 g/mol. The van der Waals surface area contributed by atoms with Crippen LogP contribution in [0.5, 0.6) is 0 Å². The van der Waals surface area contributed by atoms with Crippen molar-refractivity contribution in [1.29, 1.82) is 0 Å². The van der Waals surface area contributed by atoms with Gasteiger partial charge in [-0.15, -0.1) is 0 Å². The smallest absolute Gasteiger partial charge is 0.103 e. The van der Waals surface area contributed by atoms with E-state index < -0.39 is 0 Å². The van der Waals surface area contributed by atoms with E-state index in [1.54, 1.807) is 11.8 Å². The Kier molecular flexibility index (Phi) is 4.79. The molecule has 0 fully saturated rings. The van der Waals surface area contributed by atoms with Gasteiger partial charge in [-0.05, 0) is 46.8 Å². The highest BCUT2D eigenvalue weighted by Crippen LogP contribution is 2.32. The molecule has 0 aliphatic rings. The van der Waals surface area contributed by atoms with Crippen LogP contribution in [0.25, 0.3) is 0 Å². The number of hydrogen-bond donors (Lipinski definition) is 1. The second-order valence-electron chi connectivity index (χ2n) is 6.51. The van der Waals surface area contributed by atoms with Crippen LogP contribution in [0.3, 0.4) is 0 Å². The van der Waals surface area contributed by atoms with E-state index >= 15 is 0 Å². The molecular weight excluding hydrogens is 278 g/mol. The fourth-order valence-corrected chi connectivity index (χ4v) is 3.09. The molecule has 2 rings (SSSR count). The molecule has 0 saturated heterocycles. The van der Waals surface area contributed by atoms with Crippen molar-refractivity contribution < 1.29 is 0 Å². The normalized spacial score (nSPS) is 11.9. The summed E-state index contributed by atoms with van der Waals surface area (Å²) in [5.41, 5.74) is 3.78. The van der Waals surface area contributed by atoms with Gasteiger partial charge in [-0.25, -0.2) is 0 Å². The number of rotatable bonds is 4. The number of nitrogens with zero attached hydrogens (tertiary/aromatic N) is 2. The molecule has 0 saturated carbocycles. The van der Waals surface area contributed by atoms with E-state index in [-0.39, 0.29) is 5.54 Å². The fraction of sp³-hybridized carbons (Fsp3) is 0.471. The number of aromatic nitrogens is 2. The molecule has 1 N–H and O–H groups in total. The lowest BCUT2D eigenvalue weighted by Gasteiger charge is -2.20. The quantitative estimate of drug-likeness (QED) is 0.923. The maximum Gasteiger partial charge on any atom is 0.103 e. The molecule has 0 aliphatic carbocycles. The molecule has 114 valence electrons. The Bertz CT molecular complexity index is 606. The Balaban J connectivity index is 2.24. The minimum absolute atomic E-state index is 0.105. The number of aryl methyl sites for hydroxylation is 3. The van der Waals surface area contributed by atoms with E-state index in [1.807, 2.05) is 11.7 Å². The molecule has 0 radical (unpaired) electrons. The summed E-state index contributed by atoms with van der Waals surface area (Å²) in [6.45, 7) is 11.6. The molecule has 0 atom stereocenters. The van der Waals surface area contributed by atoms with Gasteiger partial charge in [-0.3, -0.25) is 4.68 Å². The summed E-state index contributed by atoms with van der Waals surface area (Å²) in [4.78, 5) is 1.25. The molecule has 4 heteroatoms. The van der Waals surface area contributed by atoms with Crippen LogP contribution < -0.4 is 5.32 Å². The van der Waals surface area contributed by atoms with Gasteiger partial charge in [0.05, 0.1) is 5.69 Å². The summed E-state index contributed by atoms with van der Waals surface area (Å²) >= 11 is 1.78. The first kappa shape index (κ1) is 16.1. The molecule has 0 bridgehead atoms. The molecule has 0 aliphatic heterocycles. The lowest BCUT2D eigenvalue weighted by atomic mass is 10.1. The zero-order chi connectivity index (χ0) is 15.6. The highest BCUT2D eigenvalue weighted by Gasteiger charge is 2.17. The third-order valence-corrected chi connectivity index (χ3v) is 4.53. The Morgan fingerprint density at radius 1 is 1.14 bits per heavy atom. The molecule has 2 aromatic rings. The highest BCUT2D eigenvalue weighted by atomic mass is 32.2. The SMILES string of the molecule is Cc1ccc(Sc2c(CNC(C)(C)C)c(C)nn2C)cc1. The molecule has 0 spiro atoms. The average Bonchev–Trinajstić information content (AvgIpc) is 2.64. The maximum absolute atomic E-state index is 4.58. The average molecular weight is 303 g/mol. The predicted molar refractivity (Wildman–Crippen MR) is 89.8 cm³/mol. The summed E-state index contributed by atoms with van der Waals surface area (Å²) in [5.74, 6) is 0. The van der Waals surface area contributed by atoms with Gasteiger partial charge >= 0.3 is 0 Å².